The summed E-state index contributed by atoms with van der Waals surface area (Å²) in [6.45, 7) is 2.54. The van der Waals surface area contributed by atoms with Gasteiger partial charge in [0.15, 0.2) is 0 Å². The molecule has 2 rings (SSSR count). The second-order valence-corrected chi connectivity index (χ2v) is 5.61. The van der Waals surface area contributed by atoms with Crippen molar-refractivity contribution in [3.8, 4) is 5.75 Å². The second kappa shape index (κ2) is 7.07. The fraction of sp³-hybridized carbons (Fsp3) is 0.200. The van der Waals surface area contributed by atoms with Crippen LogP contribution in [-0.2, 0) is 0 Å². The summed E-state index contributed by atoms with van der Waals surface area (Å²) in [7, 11) is 0. The highest BCUT2D eigenvalue weighted by Crippen LogP contribution is 2.26. The van der Waals surface area contributed by atoms with Crippen molar-refractivity contribution in [3.63, 3.8) is 0 Å². The standard InChI is InChI=1S/C15H14Cl3NO/c1-10(20-15-5-3-2-4-13(15)18)9-19-14-8-11(16)6-7-12(14)17/h2-8,10,19H,9H2,1H3/t10-/m1/s1. The molecular weight excluding hydrogens is 317 g/mol. The number of nitrogens with one attached hydrogen (secondary N) is 1. The predicted molar refractivity (Wildman–Crippen MR) is 86.5 cm³/mol. The average molecular weight is 331 g/mol. The molecule has 2 aromatic rings. The minimum Gasteiger partial charge on any atom is -0.487 e. The maximum absolute atomic E-state index is 6.08. The zero-order valence-electron chi connectivity index (χ0n) is 10.9. The van der Waals surface area contributed by atoms with Gasteiger partial charge in [-0.1, -0.05) is 46.9 Å². The van der Waals surface area contributed by atoms with E-state index >= 15 is 0 Å². The number of rotatable bonds is 5. The summed E-state index contributed by atoms with van der Waals surface area (Å²) in [5.74, 6) is 0.667. The van der Waals surface area contributed by atoms with Crippen LogP contribution in [0.15, 0.2) is 42.5 Å². The number of halogens is 3. The van der Waals surface area contributed by atoms with Crippen LogP contribution in [0.5, 0.6) is 5.75 Å². The molecule has 106 valence electrons. The van der Waals surface area contributed by atoms with Gasteiger partial charge in [-0.15, -0.1) is 0 Å². The number of para-hydroxylation sites is 1. The van der Waals surface area contributed by atoms with Crippen molar-refractivity contribution < 1.29 is 4.74 Å². The molecule has 1 N–H and O–H groups in total. The Bertz CT molecular complexity index is 589. The normalized spacial score (nSPS) is 12.0. The van der Waals surface area contributed by atoms with E-state index in [0.717, 1.165) is 5.69 Å². The first kappa shape index (κ1) is 15.3. The average Bonchev–Trinajstić information content (AvgIpc) is 2.42. The van der Waals surface area contributed by atoms with E-state index in [-0.39, 0.29) is 6.10 Å². The Hall–Kier alpha value is -1.09. The predicted octanol–water partition coefficient (Wildman–Crippen LogP) is 5.53. The van der Waals surface area contributed by atoms with E-state index in [0.29, 0.717) is 27.4 Å². The molecule has 0 aliphatic carbocycles. The number of ether oxygens (including phenoxy) is 1. The molecule has 0 radical (unpaired) electrons. The van der Waals surface area contributed by atoms with Crippen LogP contribution in [0.2, 0.25) is 15.1 Å². The molecule has 2 nitrogen and oxygen atoms in total. The zero-order valence-corrected chi connectivity index (χ0v) is 13.1. The summed E-state index contributed by atoms with van der Waals surface area (Å²) in [5.41, 5.74) is 0.786. The molecule has 0 saturated carbocycles. The van der Waals surface area contributed by atoms with Gasteiger partial charge in [0.2, 0.25) is 0 Å². The maximum atomic E-state index is 6.08. The van der Waals surface area contributed by atoms with E-state index < -0.39 is 0 Å². The minimum absolute atomic E-state index is 0.0649. The first-order valence-electron chi connectivity index (χ1n) is 6.16. The molecule has 1 atom stereocenters. The molecule has 0 saturated heterocycles. The molecule has 0 aromatic heterocycles. The number of hydrogen-bond acceptors (Lipinski definition) is 2. The van der Waals surface area contributed by atoms with Crippen LogP contribution in [0.1, 0.15) is 6.92 Å². The van der Waals surface area contributed by atoms with Gasteiger partial charge in [0.05, 0.1) is 22.3 Å². The summed E-state index contributed by atoms with van der Waals surface area (Å²) in [4.78, 5) is 0. The van der Waals surface area contributed by atoms with Gasteiger partial charge in [-0.25, -0.2) is 0 Å². The minimum atomic E-state index is -0.0649. The summed E-state index contributed by atoms with van der Waals surface area (Å²) < 4.78 is 5.77. The lowest BCUT2D eigenvalue weighted by Gasteiger charge is -2.17. The molecule has 0 spiro atoms. The Morgan fingerprint density at radius 2 is 1.80 bits per heavy atom. The highest BCUT2D eigenvalue weighted by Gasteiger charge is 2.08. The van der Waals surface area contributed by atoms with Crippen molar-refractivity contribution in [2.75, 3.05) is 11.9 Å². The maximum Gasteiger partial charge on any atom is 0.138 e. The van der Waals surface area contributed by atoms with Crippen molar-refractivity contribution >= 4 is 40.5 Å². The van der Waals surface area contributed by atoms with Crippen LogP contribution in [0.3, 0.4) is 0 Å². The lowest BCUT2D eigenvalue weighted by molar-refractivity contribution is 0.235. The molecule has 0 bridgehead atoms. The van der Waals surface area contributed by atoms with Crippen LogP contribution in [0.25, 0.3) is 0 Å². The van der Waals surface area contributed by atoms with Gasteiger partial charge in [-0.3, -0.25) is 0 Å². The first-order valence-corrected chi connectivity index (χ1v) is 7.30. The van der Waals surface area contributed by atoms with Crippen molar-refractivity contribution in [1.82, 2.24) is 0 Å². The Labute approximate surface area is 133 Å². The zero-order chi connectivity index (χ0) is 14.5. The fourth-order valence-electron chi connectivity index (χ4n) is 1.69. The smallest absolute Gasteiger partial charge is 0.138 e. The van der Waals surface area contributed by atoms with Gasteiger partial charge in [-0.2, -0.15) is 0 Å². The summed E-state index contributed by atoms with van der Waals surface area (Å²) in [6, 6.07) is 12.7. The quantitative estimate of drug-likeness (QED) is 0.778. The lowest BCUT2D eigenvalue weighted by Crippen LogP contribution is -2.22. The largest absolute Gasteiger partial charge is 0.487 e. The molecule has 0 aliphatic rings. The fourth-order valence-corrected chi connectivity index (χ4v) is 2.22. The Balaban J connectivity index is 1.94. The van der Waals surface area contributed by atoms with Crippen molar-refractivity contribution in [2.24, 2.45) is 0 Å². The van der Waals surface area contributed by atoms with Gasteiger partial charge < -0.3 is 10.1 Å². The second-order valence-electron chi connectivity index (χ2n) is 4.36. The molecule has 0 aliphatic heterocycles. The van der Waals surface area contributed by atoms with E-state index in [1.54, 1.807) is 24.3 Å². The molecule has 0 amide bonds. The molecule has 0 heterocycles. The van der Waals surface area contributed by atoms with E-state index in [4.69, 9.17) is 39.5 Å². The molecule has 20 heavy (non-hydrogen) atoms. The lowest BCUT2D eigenvalue weighted by atomic mass is 10.3. The van der Waals surface area contributed by atoms with Crippen LogP contribution in [-0.4, -0.2) is 12.6 Å². The van der Waals surface area contributed by atoms with Crippen LogP contribution < -0.4 is 10.1 Å². The molecule has 0 fully saturated rings. The molecule has 2 aromatic carbocycles. The third-order valence-corrected chi connectivity index (χ3v) is 3.55. The summed E-state index contributed by atoms with van der Waals surface area (Å²) in [6.07, 6.45) is -0.0649. The van der Waals surface area contributed by atoms with Crippen molar-refractivity contribution in [2.45, 2.75) is 13.0 Å². The molecular formula is C15H14Cl3NO. The molecule has 0 unspecified atom stereocenters. The van der Waals surface area contributed by atoms with E-state index in [2.05, 4.69) is 5.32 Å². The van der Waals surface area contributed by atoms with E-state index in [1.807, 2.05) is 25.1 Å². The number of anilines is 1. The van der Waals surface area contributed by atoms with Crippen molar-refractivity contribution in [1.29, 1.82) is 0 Å². The Kier molecular flexibility index (Phi) is 5.41. The third-order valence-electron chi connectivity index (χ3n) is 2.67. The van der Waals surface area contributed by atoms with Gasteiger partial charge in [0.25, 0.3) is 0 Å². The van der Waals surface area contributed by atoms with Crippen LogP contribution in [0, 0.1) is 0 Å². The number of hydrogen-bond donors (Lipinski definition) is 1. The van der Waals surface area contributed by atoms with E-state index in [1.165, 1.54) is 0 Å². The van der Waals surface area contributed by atoms with Gasteiger partial charge >= 0.3 is 0 Å². The van der Waals surface area contributed by atoms with Gasteiger partial charge in [0, 0.05) is 5.02 Å². The first-order chi connectivity index (χ1) is 9.56. The van der Waals surface area contributed by atoms with Crippen LogP contribution >= 0.6 is 34.8 Å². The van der Waals surface area contributed by atoms with Crippen molar-refractivity contribution in [3.05, 3.63) is 57.5 Å². The summed E-state index contributed by atoms with van der Waals surface area (Å²) in [5, 5.41) is 5.07. The van der Waals surface area contributed by atoms with Gasteiger partial charge in [-0.05, 0) is 37.3 Å². The monoisotopic (exact) mass is 329 g/mol. The third kappa shape index (κ3) is 4.20. The van der Waals surface area contributed by atoms with Gasteiger partial charge in [0.1, 0.15) is 11.9 Å². The number of benzene rings is 2. The summed E-state index contributed by atoms with van der Waals surface area (Å²) >= 11 is 18.1. The Morgan fingerprint density at radius 1 is 1.05 bits per heavy atom. The Morgan fingerprint density at radius 3 is 2.55 bits per heavy atom. The van der Waals surface area contributed by atoms with Crippen LogP contribution in [0.4, 0.5) is 5.69 Å². The molecule has 5 heteroatoms. The topological polar surface area (TPSA) is 21.3 Å². The van der Waals surface area contributed by atoms with E-state index in [9.17, 15) is 0 Å². The highest BCUT2D eigenvalue weighted by atomic mass is 35.5. The highest BCUT2D eigenvalue weighted by molar-refractivity contribution is 6.35. The SMILES string of the molecule is C[C@H](CNc1cc(Cl)ccc1Cl)Oc1ccccc1Cl.